The van der Waals surface area contributed by atoms with Crippen LogP contribution in [-0.4, -0.2) is 54.6 Å². The number of nitrogens with zero attached hydrogens (tertiary/aromatic N) is 2. The van der Waals surface area contributed by atoms with Gasteiger partial charge in [-0.25, -0.2) is 0 Å². The Bertz CT molecular complexity index is 756. The smallest absolute Gasteiger partial charge is 0.312 e. The van der Waals surface area contributed by atoms with Gasteiger partial charge in [0.25, 0.3) is 5.91 Å². The summed E-state index contributed by atoms with van der Waals surface area (Å²) in [5.41, 5.74) is 1.04. The van der Waals surface area contributed by atoms with Crippen molar-refractivity contribution in [3.05, 3.63) is 30.0 Å². The van der Waals surface area contributed by atoms with Crippen LogP contribution < -0.4 is 5.32 Å². The van der Waals surface area contributed by atoms with Crippen molar-refractivity contribution >= 4 is 28.8 Å². The molecule has 0 aliphatic carbocycles. The predicted molar refractivity (Wildman–Crippen MR) is 89.6 cm³/mol. The first-order chi connectivity index (χ1) is 12.0. The van der Waals surface area contributed by atoms with Crippen molar-refractivity contribution in [2.75, 3.05) is 26.7 Å². The van der Waals surface area contributed by atoms with Gasteiger partial charge < -0.3 is 19.5 Å². The molecule has 0 saturated carbocycles. The summed E-state index contributed by atoms with van der Waals surface area (Å²) in [7, 11) is 1.48. The van der Waals surface area contributed by atoms with E-state index in [9.17, 15) is 14.4 Å². The quantitative estimate of drug-likeness (QED) is 0.712. The van der Waals surface area contributed by atoms with Crippen LogP contribution in [0.4, 0.5) is 0 Å². The number of hydrogen-bond donors (Lipinski definition) is 1. The normalized spacial score (nSPS) is 10.5. The summed E-state index contributed by atoms with van der Waals surface area (Å²) in [6.07, 6.45) is 0.725. The van der Waals surface area contributed by atoms with E-state index < -0.39 is 18.5 Å². The largest absolute Gasteiger partial charge is 0.455 e. The minimum atomic E-state index is -0.587. The lowest BCUT2D eigenvalue weighted by Crippen LogP contribution is -2.40. The van der Waals surface area contributed by atoms with Gasteiger partial charge in [-0.15, -0.1) is 0 Å². The number of nitrogens with one attached hydrogen (secondary N) is 1. The highest BCUT2D eigenvalue weighted by Gasteiger charge is 2.17. The van der Waals surface area contributed by atoms with Gasteiger partial charge in [0.1, 0.15) is 5.69 Å². The first-order valence-corrected chi connectivity index (χ1v) is 8.00. The van der Waals surface area contributed by atoms with Crippen LogP contribution in [0.25, 0.3) is 11.0 Å². The Balaban J connectivity index is 1.79. The summed E-state index contributed by atoms with van der Waals surface area (Å²) in [4.78, 5) is 36.6. The summed E-state index contributed by atoms with van der Waals surface area (Å²) in [5.74, 6) is -1.29. The second-order valence-corrected chi connectivity index (χ2v) is 5.56. The fraction of sp³-hybridized carbons (Fsp3) is 0.412. The van der Waals surface area contributed by atoms with Gasteiger partial charge in [0, 0.05) is 19.0 Å². The summed E-state index contributed by atoms with van der Waals surface area (Å²) in [5, 5.41) is 7.24. The van der Waals surface area contributed by atoms with Crippen LogP contribution in [0.3, 0.4) is 0 Å². The van der Waals surface area contributed by atoms with E-state index in [1.54, 1.807) is 18.2 Å². The maximum Gasteiger partial charge on any atom is 0.312 e. The first-order valence-electron chi connectivity index (χ1n) is 8.00. The number of esters is 1. The topological polar surface area (TPSA) is 102 Å². The lowest BCUT2D eigenvalue weighted by atomic mass is 10.2. The third-order valence-corrected chi connectivity index (χ3v) is 3.50. The Morgan fingerprint density at radius 3 is 2.80 bits per heavy atom. The second-order valence-electron chi connectivity index (χ2n) is 5.56. The Labute approximate surface area is 145 Å². The van der Waals surface area contributed by atoms with E-state index in [1.165, 1.54) is 11.9 Å². The van der Waals surface area contributed by atoms with Crippen molar-refractivity contribution in [1.29, 1.82) is 0 Å². The maximum absolute atomic E-state index is 11.9. The van der Waals surface area contributed by atoms with E-state index in [0.29, 0.717) is 17.8 Å². The minimum Gasteiger partial charge on any atom is -0.455 e. The number of likely N-dealkylation sites (N-methyl/N-ethyl adjacent to an activating group) is 1. The number of para-hydroxylation sites is 1. The molecule has 8 heteroatoms. The zero-order chi connectivity index (χ0) is 18.2. The van der Waals surface area contributed by atoms with E-state index in [0.717, 1.165) is 11.8 Å². The molecule has 2 rings (SSSR count). The number of aromatic nitrogens is 1. The highest BCUT2D eigenvalue weighted by Crippen LogP contribution is 2.18. The number of rotatable bonds is 8. The highest BCUT2D eigenvalue weighted by molar-refractivity contribution is 5.87. The van der Waals surface area contributed by atoms with Gasteiger partial charge in [0.2, 0.25) is 5.91 Å². The van der Waals surface area contributed by atoms with E-state index in [2.05, 4.69) is 10.5 Å². The minimum absolute atomic E-state index is 0.0791. The van der Waals surface area contributed by atoms with Crippen molar-refractivity contribution < 1.29 is 23.6 Å². The first kappa shape index (κ1) is 18.4. The predicted octanol–water partition coefficient (Wildman–Crippen LogP) is 0.898. The maximum atomic E-state index is 11.9. The van der Waals surface area contributed by atoms with Gasteiger partial charge >= 0.3 is 5.97 Å². The Morgan fingerprint density at radius 2 is 2.04 bits per heavy atom. The number of carbonyl (C=O) groups excluding carboxylic acids is 3. The standard InChI is InChI=1S/C17H21N3O5/c1-3-8-18-15(21)10-20(2)16(22)11-24-17(23)9-13-12-6-4-5-7-14(12)25-19-13/h4-7H,3,8-11H2,1-2H3,(H,18,21). The van der Waals surface area contributed by atoms with Crippen molar-refractivity contribution in [3.8, 4) is 0 Å². The van der Waals surface area contributed by atoms with Crippen LogP contribution >= 0.6 is 0 Å². The van der Waals surface area contributed by atoms with Crippen LogP contribution in [0.1, 0.15) is 19.0 Å². The molecular weight excluding hydrogens is 326 g/mol. The fourth-order valence-electron chi connectivity index (χ4n) is 2.13. The second kappa shape index (κ2) is 8.81. The molecule has 2 aromatic rings. The zero-order valence-electron chi connectivity index (χ0n) is 14.3. The average molecular weight is 347 g/mol. The number of hydrogen-bond acceptors (Lipinski definition) is 6. The van der Waals surface area contributed by atoms with Crippen molar-refractivity contribution in [2.45, 2.75) is 19.8 Å². The Morgan fingerprint density at radius 1 is 1.28 bits per heavy atom. The van der Waals surface area contributed by atoms with Gasteiger partial charge in [-0.1, -0.05) is 24.2 Å². The van der Waals surface area contributed by atoms with Crippen LogP contribution in [0.15, 0.2) is 28.8 Å². The number of benzene rings is 1. The monoisotopic (exact) mass is 347 g/mol. The molecule has 0 aliphatic rings. The van der Waals surface area contributed by atoms with Crippen molar-refractivity contribution in [3.63, 3.8) is 0 Å². The number of ether oxygens (including phenoxy) is 1. The van der Waals surface area contributed by atoms with Crippen LogP contribution in [0.5, 0.6) is 0 Å². The highest BCUT2D eigenvalue weighted by atomic mass is 16.5. The van der Waals surface area contributed by atoms with Crippen LogP contribution in [0, 0.1) is 0 Å². The molecule has 0 spiro atoms. The molecule has 134 valence electrons. The Kier molecular flexibility index (Phi) is 6.50. The molecule has 1 aromatic carbocycles. The molecule has 2 amide bonds. The molecule has 0 atom stereocenters. The molecule has 0 bridgehead atoms. The molecular formula is C17H21N3O5. The van der Waals surface area contributed by atoms with E-state index in [4.69, 9.17) is 9.26 Å². The number of fused-ring (bicyclic) bond motifs is 1. The molecule has 8 nitrogen and oxygen atoms in total. The zero-order valence-corrected chi connectivity index (χ0v) is 14.3. The van der Waals surface area contributed by atoms with Crippen LogP contribution in [0.2, 0.25) is 0 Å². The van der Waals surface area contributed by atoms with Gasteiger partial charge in [-0.05, 0) is 18.6 Å². The molecule has 0 fully saturated rings. The average Bonchev–Trinajstić information content (AvgIpc) is 3.00. The summed E-state index contributed by atoms with van der Waals surface area (Å²) >= 11 is 0. The Hall–Kier alpha value is -2.90. The molecule has 25 heavy (non-hydrogen) atoms. The van der Waals surface area contributed by atoms with Crippen molar-refractivity contribution in [2.24, 2.45) is 0 Å². The lowest BCUT2D eigenvalue weighted by molar-refractivity contribution is -0.151. The van der Waals surface area contributed by atoms with Crippen molar-refractivity contribution in [1.82, 2.24) is 15.4 Å². The van der Waals surface area contributed by atoms with E-state index in [1.807, 2.05) is 13.0 Å². The number of carbonyl (C=O) groups is 3. The number of amides is 2. The van der Waals surface area contributed by atoms with Crippen LogP contribution in [-0.2, 0) is 25.5 Å². The van der Waals surface area contributed by atoms with Gasteiger partial charge in [0.05, 0.1) is 13.0 Å². The molecule has 0 saturated heterocycles. The van der Waals surface area contributed by atoms with E-state index in [-0.39, 0.29) is 18.9 Å². The third-order valence-electron chi connectivity index (χ3n) is 3.50. The van der Waals surface area contributed by atoms with Gasteiger partial charge in [0.15, 0.2) is 12.2 Å². The molecule has 0 radical (unpaired) electrons. The summed E-state index contributed by atoms with van der Waals surface area (Å²) < 4.78 is 10.1. The third kappa shape index (κ3) is 5.30. The molecule has 1 aromatic heterocycles. The summed E-state index contributed by atoms with van der Waals surface area (Å²) in [6.45, 7) is 1.99. The summed E-state index contributed by atoms with van der Waals surface area (Å²) in [6, 6.07) is 7.17. The fourth-order valence-corrected chi connectivity index (χ4v) is 2.13. The molecule has 1 N–H and O–H groups in total. The SMILES string of the molecule is CCCNC(=O)CN(C)C(=O)COC(=O)Cc1noc2ccccc12. The van der Waals surface area contributed by atoms with Gasteiger partial charge in [-0.2, -0.15) is 0 Å². The molecule has 1 heterocycles. The molecule has 0 unspecified atom stereocenters. The van der Waals surface area contributed by atoms with E-state index >= 15 is 0 Å². The lowest BCUT2D eigenvalue weighted by Gasteiger charge is -2.16. The molecule has 0 aliphatic heterocycles. The van der Waals surface area contributed by atoms with Gasteiger partial charge in [-0.3, -0.25) is 14.4 Å².